The van der Waals surface area contributed by atoms with Crippen LogP contribution in [0.4, 0.5) is 0 Å². The molecule has 0 aromatic heterocycles. The maximum absolute atomic E-state index is 12.5. The van der Waals surface area contributed by atoms with Crippen molar-refractivity contribution in [2.45, 2.75) is 71.3 Å². The highest BCUT2D eigenvalue weighted by Gasteiger charge is 2.62. The van der Waals surface area contributed by atoms with E-state index in [4.69, 9.17) is 6.42 Å². The van der Waals surface area contributed by atoms with Gasteiger partial charge in [-0.1, -0.05) is 13.8 Å². The van der Waals surface area contributed by atoms with Crippen LogP contribution in [0.25, 0.3) is 0 Å². The van der Waals surface area contributed by atoms with Crippen LogP contribution in [0, 0.1) is 52.8 Å². The molecule has 4 rings (SSSR count). The van der Waals surface area contributed by atoms with Crippen LogP contribution in [0.2, 0.25) is 0 Å². The van der Waals surface area contributed by atoms with Crippen LogP contribution in [-0.2, 0) is 4.79 Å². The molecule has 2 heteroatoms. The maximum Gasteiger partial charge on any atom is 0.139 e. The highest BCUT2D eigenvalue weighted by molar-refractivity contribution is 5.87. The van der Waals surface area contributed by atoms with Crippen molar-refractivity contribution in [1.82, 2.24) is 0 Å². The molecule has 0 heterocycles. The Bertz CT molecular complexity index is 561. The lowest BCUT2D eigenvalue weighted by molar-refractivity contribution is -0.148. The van der Waals surface area contributed by atoms with Crippen LogP contribution in [0.3, 0.4) is 0 Å². The van der Waals surface area contributed by atoms with E-state index in [9.17, 15) is 9.90 Å². The summed E-state index contributed by atoms with van der Waals surface area (Å²) in [5, 5.41) is 10.1. The summed E-state index contributed by atoms with van der Waals surface area (Å²) in [6.07, 6.45) is 13.9. The fraction of sp³-hybridized carbons (Fsp3) is 0.857. The maximum atomic E-state index is 12.5. The summed E-state index contributed by atoms with van der Waals surface area (Å²) in [6.45, 7) is 4.68. The number of fused-ring (bicyclic) bond motifs is 5. The lowest BCUT2D eigenvalue weighted by Gasteiger charge is -2.61. The standard InChI is InChI=1S/C21H30O2/c1-4-13-11-14-12-15(22)7-9-20(14,2)17-8-10-21(3)16(19(13)17)5-6-18(21)23/h1,13-17,19,22H,5-12H2,2-3H3/t13-,14-,15-,16-,17-,19-,20-,21-/m0/s1. The zero-order chi connectivity index (χ0) is 16.4. The molecule has 23 heavy (non-hydrogen) atoms. The number of rotatable bonds is 0. The number of hydrogen-bond donors (Lipinski definition) is 1. The number of carbonyl (C=O) groups excluding carboxylic acids is 1. The van der Waals surface area contributed by atoms with Gasteiger partial charge >= 0.3 is 0 Å². The average molecular weight is 314 g/mol. The Kier molecular flexibility index (Phi) is 3.48. The van der Waals surface area contributed by atoms with Crippen LogP contribution in [-0.4, -0.2) is 17.0 Å². The second kappa shape index (κ2) is 5.09. The molecule has 0 aliphatic heterocycles. The van der Waals surface area contributed by atoms with E-state index in [1.54, 1.807) is 0 Å². The van der Waals surface area contributed by atoms with Gasteiger partial charge in [0.25, 0.3) is 0 Å². The highest BCUT2D eigenvalue weighted by atomic mass is 16.3. The van der Waals surface area contributed by atoms with Gasteiger partial charge in [0.2, 0.25) is 0 Å². The molecule has 0 aromatic carbocycles. The molecule has 4 saturated carbocycles. The number of Topliss-reactive ketones (excluding diaryl/α,β-unsaturated/α-hetero) is 1. The molecule has 4 aliphatic carbocycles. The summed E-state index contributed by atoms with van der Waals surface area (Å²) < 4.78 is 0. The molecule has 0 unspecified atom stereocenters. The second-order valence-corrected chi connectivity index (χ2v) is 9.35. The molecular formula is C21H30O2. The topological polar surface area (TPSA) is 37.3 Å². The molecule has 4 aliphatic rings. The van der Waals surface area contributed by atoms with Gasteiger partial charge in [0, 0.05) is 17.8 Å². The second-order valence-electron chi connectivity index (χ2n) is 9.35. The normalized spacial score (nSPS) is 55.5. The fourth-order valence-electron chi connectivity index (χ4n) is 7.19. The van der Waals surface area contributed by atoms with Crippen molar-refractivity contribution < 1.29 is 9.90 Å². The molecule has 8 atom stereocenters. The van der Waals surface area contributed by atoms with Crippen molar-refractivity contribution in [3.8, 4) is 12.3 Å². The van der Waals surface area contributed by atoms with Gasteiger partial charge in [-0.2, -0.15) is 0 Å². The van der Waals surface area contributed by atoms with E-state index in [1.165, 1.54) is 0 Å². The predicted molar refractivity (Wildman–Crippen MR) is 90.4 cm³/mol. The van der Waals surface area contributed by atoms with Crippen LogP contribution >= 0.6 is 0 Å². The van der Waals surface area contributed by atoms with Gasteiger partial charge in [-0.05, 0) is 74.0 Å². The summed E-state index contributed by atoms with van der Waals surface area (Å²) in [7, 11) is 0. The third kappa shape index (κ3) is 2.02. The Morgan fingerprint density at radius 1 is 1.13 bits per heavy atom. The van der Waals surface area contributed by atoms with Gasteiger partial charge in [-0.15, -0.1) is 12.3 Å². The van der Waals surface area contributed by atoms with E-state index in [1.807, 2.05) is 0 Å². The average Bonchev–Trinajstić information content (AvgIpc) is 2.83. The predicted octanol–water partition coefficient (Wildman–Crippen LogP) is 3.82. The molecule has 4 fully saturated rings. The fourth-order valence-corrected chi connectivity index (χ4v) is 7.19. The van der Waals surface area contributed by atoms with Crippen molar-refractivity contribution in [2.24, 2.45) is 40.4 Å². The van der Waals surface area contributed by atoms with Crippen molar-refractivity contribution in [1.29, 1.82) is 0 Å². The molecule has 0 amide bonds. The smallest absolute Gasteiger partial charge is 0.139 e. The summed E-state index contributed by atoms with van der Waals surface area (Å²) in [6, 6.07) is 0. The molecule has 126 valence electrons. The van der Waals surface area contributed by atoms with Crippen LogP contribution in [0.15, 0.2) is 0 Å². The number of ketones is 1. The van der Waals surface area contributed by atoms with E-state index in [0.717, 1.165) is 51.4 Å². The largest absolute Gasteiger partial charge is 0.393 e. The number of hydrogen-bond acceptors (Lipinski definition) is 2. The number of aliphatic hydroxyl groups excluding tert-OH is 1. The zero-order valence-electron chi connectivity index (χ0n) is 14.6. The monoisotopic (exact) mass is 314 g/mol. The lowest BCUT2D eigenvalue weighted by atomic mass is 9.43. The minimum absolute atomic E-state index is 0.104. The highest BCUT2D eigenvalue weighted by Crippen LogP contribution is 2.66. The zero-order valence-corrected chi connectivity index (χ0v) is 14.6. The molecule has 2 nitrogen and oxygen atoms in total. The number of terminal acetylenes is 1. The number of aliphatic hydroxyl groups is 1. The van der Waals surface area contributed by atoms with Gasteiger partial charge in [0.15, 0.2) is 0 Å². The molecule has 0 bridgehead atoms. The first-order chi connectivity index (χ1) is 10.9. The van der Waals surface area contributed by atoms with Gasteiger partial charge in [-0.25, -0.2) is 0 Å². The van der Waals surface area contributed by atoms with E-state index in [0.29, 0.717) is 40.8 Å². The van der Waals surface area contributed by atoms with Crippen molar-refractivity contribution in [3.63, 3.8) is 0 Å². The lowest BCUT2D eigenvalue weighted by Crippen LogP contribution is -2.56. The Morgan fingerprint density at radius 2 is 1.91 bits per heavy atom. The van der Waals surface area contributed by atoms with Crippen LogP contribution in [0.5, 0.6) is 0 Å². The first kappa shape index (κ1) is 15.7. The van der Waals surface area contributed by atoms with Gasteiger partial charge in [0.1, 0.15) is 5.78 Å². The van der Waals surface area contributed by atoms with E-state index >= 15 is 0 Å². The quantitative estimate of drug-likeness (QED) is 0.690. The SMILES string of the molecule is C#C[C@H]1C[C@H]2C[C@@H](O)CC[C@]2(C)[C@H]2CC[C@]3(C)C(=O)CC[C@H]3[C@H]12. The van der Waals surface area contributed by atoms with Gasteiger partial charge < -0.3 is 5.11 Å². The van der Waals surface area contributed by atoms with Gasteiger partial charge in [-0.3, -0.25) is 4.79 Å². The van der Waals surface area contributed by atoms with Crippen molar-refractivity contribution in [3.05, 3.63) is 0 Å². The summed E-state index contributed by atoms with van der Waals surface area (Å²) in [4.78, 5) is 12.5. The Labute approximate surface area is 140 Å². The third-order valence-electron chi connectivity index (χ3n) is 8.61. The summed E-state index contributed by atoms with van der Waals surface area (Å²) in [5.74, 6) is 6.16. The van der Waals surface area contributed by atoms with Crippen LogP contribution < -0.4 is 0 Å². The van der Waals surface area contributed by atoms with Crippen LogP contribution in [0.1, 0.15) is 65.2 Å². The Balaban J connectivity index is 1.72. The van der Waals surface area contributed by atoms with E-state index in [2.05, 4.69) is 19.8 Å². The van der Waals surface area contributed by atoms with Gasteiger partial charge in [0.05, 0.1) is 6.10 Å². The minimum Gasteiger partial charge on any atom is -0.393 e. The van der Waals surface area contributed by atoms with Crippen molar-refractivity contribution in [2.75, 3.05) is 0 Å². The molecule has 0 spiro atoms. The molecule has 1 N–H and O–H groups in total. The summed E-state index contributed by atoms with van der Waals surface area (Å²) in [5.41, 5.74) is 0.220. The minimum atomic E-state index is -0.134. The summed E-state index contributed by atoms with van der Waals surface area (Å²) >= 11 is 0. The molecule has 0 saturated heterocycles. The molecular weight excluding hydrogens is 284 g/mol. The van der Waals surface area contributed by atoms with E-state index < -0.39 is 0 Å². The molecule has 0 aromatic rings. The number of carbonyl (C=O) groups is 1. The first-order valence-corrected chi connectivity index (χ1v) is 9.57. The van der Waals surface area contributed by atoms with Crippen molar-refractivity contribution >= 4 is 5.78 Å². The third-order valence-corrected chi connectivity index (χ3v) is 8.61. The van der Waals surface area contributed by atoms with E-state index in [-0.39, 0.29) is 11.5 Å². The first-order valence-electron chi connectivity index (χ1n) is 9.57. The Morgan fingerprint density at radius 3 is 2.65 bits per heavy atom. The molecule has 0 radical (unpaired) electrons. The Hall–Kier alpha value is -0.810.